The van der Waals surface area contributed by atoms with Gasteiger partial charge in [-0.3, -0.25) is 14.7 Å². The number of rotatable bonds is 4. The monoisotopic (exact) mass is 470 g/mol. The number of hydrogen-bond donors (Lipinski definition) is 1. The van der Waals surface area contributed by atoms with Crippen molar-refractivity contribution in [2.75, 3.05) is 26.7 Å². The van der Waals surface area contributed by atoms with Crippen molar-refractivity contribution < 1.29 is 37.1 Å². The summed E-state index contributed by atoms with van der Waals surface area (Å²) in [4.78, 5) is 30.4. The number of aliphatic carboxylic acids is 1. The molecule has 2 aliphatic heterocycles. The lowest BCUT2D eigenvalue weighted by molar-refractivity contribution is -0.192. The van der Waals surface area contributed by atoms with E-state index in [2.05, 4.69) is 21.1 Å². The number of carboxylic acid groups (broad SMARTS) is 1. The Bertz CT molecular complexity index is 953. The highest BCUT2D eigenvalue weighted by molar-refractivity contribution is 5.92. The van der Waals surface area contributed by atoms with Crippen LogP contribution in [0, 0.1) is 12.8 Å². The first kappa shape index (κ1) is 24.6. The van der Waals surface area contributed by atoms with Crippen LogP contribution in [-0.2, 0) is 16.1 Å². The second-order valence-electron chi connectivity index (χ2n) is 7.97. The minimum atomic E-state index is -5.08. The number of hydrogen-bond acceptors (Lipinski definition) is 7. The summed E-state index contributed by atoms with van der Waals surface area (Å²) in [6.45, 7) is 5.07. The molecule has 180 valence electrons. The fourth-order valence-corrected chi connectivity index (χ4v) is 4.27. The van der Waals surface area contributed by atoms with Gasteiger partial charge in [0.05, 0.1) is 12.1 Å². The fraction of sp³-hybridized carbons (Fsp3) is 0.524. The average molecular weight is 470 g/mol. The van der Waals surface area contributed by atoms with Gasteiger partial charge in [-0.05, 0) is 25.0 Å². The van der Waals surface area contributed by atoms with E-state index < -0.39 is 12.1 Å². The quantitative estimate of drug-likeness (QED) is 0.726. The third kappa shape index (κ3) is 6.08. The number of carboxylic acids is 1. The van der Waals surface area contributed by atoms with E-state index in [1.165, 1.54) is 5.56 Å². The predicted molar refractivity (Wildman–Crippen MR) is 108 cm³/mol. The first-order chi connectivity index (χ1) is 15.6. The number of pyridine rings is 1. The van der Waals surface area contributed by atoms with E-state index in [9.17, 15) is 18.0 Å². The second kappa shape index (κ2) is 10.3. The number of likely N-dealkylation sites (tertiary alicyclic amines) is 2. The molecule has 0 spiro atoms. The van der Waals surface area contributed by atoms with E-state index in [1.54, 1.807) is 26.3 Å². The Balaban J connectivity index is 0.000000383. The molecule has 0 radical (unpaired) electrons. The van der Waals surface area contributed by atoms with Gasteiger partial charge in [-0.2, -0.15) is 13.2 Å². The highest BCUT2D eigenvalue weighted by Crippen LogP contribution is 2.34. The molecule has 2 aromatic heterocycles. The van der Waals surface area contributed by atoms with E-state index in [4.69, 9.17) is 19.2 Å². The van der Waals surface area contributed by atoms with Crippen LogP contribution >= 0.6 is 0 Å². The number of alkyl halides is 3. The molecule has 1 N–H and O–H groups in total. The Morgan fingerprint density at radius 1 is 1.33 bits per heavy atom. The van der Waals surface area contributed by atoms with Crippen molar-refractivity contribution in [1.82, 2.24) is 19.9 Å². The molecule has 9 nitrogen and oxygen atoms in total. The third-order valence-electron chi connectivity index (χ3n) is 5.72. The molecule has 2 aliphatic rings. The van der Waals surface area contributed by atoms with Gasteiger partial charge in [-0.15, -0.1) is 0 Å². The zero-order valence-electron chi connectivity index (χ0n) is 18.2. The van der Waals surface area contributed by atoms with Crippen LogP contribution in [0.25, 0.3) is 0 Å². The van der Waals surface area contributed by atoms with E-state index in [0.717, 1.165) is 26.1 Å². The van der Waals surface area contributed by atoms with Crippen molar-refractivity contribution >= 4 is 11.9 Å². The average Bonchev–Trinajstić information content (AvgIpc) is 3.39. The number of fused-ring (bicyclic) bond motifs is 1. The Kier molecular flexibility index (Phi) is 7.69. The van der Waals surface area contributed by atoms with Crippen LogP contribution in [0.3, 0.4) is 0 Å². The minimum absolute atomic E-state index is 0.0466. The molecular weight excluding hydrogens is 445 g/mol. The first-order valence-electron chi connectivity index (χ1n) is 10.3. The van der Waals surface area contributed by atoms with Crippen LogP contribution in [0.4, 0.5) is 13.2 Å². The maximum Gasteiger partial charge on any atom is 0.490 e. The zero-order valence-corrected chi connectivity index (χ0v) is 18.2. The summed E-state index contributed by atoms with van der Waals surface area (Å²) in [6.07, 6.45) is -0.367. The van der Waals surface area contributed by atoms with Crippen molar-refractivity contribution in [1.29, 1.82) is 0 Å². The SMILES string of the molecule is CO[C@@H]1CCN(C(=O)c2cc(C)on2)[C@@H]2CN(Cc3cccnc3)C[C@@H]21.O=C(O)C(F)(F)F. The van der Waals surface area contributed by atoms with Gasteiger partial charge in [-0.1, -0.05) is 11.2 Å². The molecular formula is C21H25F3N4O5. The maximum atomic E-state index is 12.9. The highest BCUT2D eigenvalue weighted by atomic mass is 19.4. The Labute approximate surface area is 188 Å². The number of aryl methyl sites for hydroxylation is 1. The van der Waals surface area contributed by atoms with Crippen molar-refractivity contribution in [2.24, 2.45) is 5.92 Å². The molecule has 1 amide bonds. The lowest BCUT2D eigenvalue weighted by Gasteiger charge is -2.40. The number of carbonyl (C=O) groups is 2. The molecule has 0 saturated carbocycles. The number of piperidine rings is 1. The highest BCUT2D eigenvalue weighted by Gasteiger charge is 2.46. The van der Waals surface area contributed by atoms with Crippen molar-refractivity contribution in [3.05, 3.63) is 47.6 Å². The summed E-state index contributed by atoms with van der Waals surface area (Å²) in [5.41, 5.74) is 1.58. The van der Waals surface area contributed by atoms with Crippen molar-refractivity contribution in [2.45, 2.75) is 38.2 Å². The summed E-state index contributed by atoms with van der Waals surface area (Å²) in [6, 6.07) is 5.89. The number of halogens is 3. The second-order valence-corrected chi connectivity index (χ2v) is 7.97. The fourth-order valence-electron chi connectivity index (χ4n) is 4.27. The van der Waals surface area contributed by atoms with Crippen LogP contribution in [0.1, 0.15) is 28.2 Å². The first-order valence-corrected chi connectivity index (χ1v) is 10.3. The summed E-state index contributed by atoms with van der Waals surface area (Å²) in [5, 5.41) is 11.0. The number of nitrogens with zero attached hydrogens (tertiary/aromatic N) is 4. The lowest BCUT2D eigenvalue weighted by atomic mass is 9.89. The zero-order chi connectivity index (χ0) is 24.2. The number of amides is 1. The van der Waals surface area contributed by atoms with Crippen LogP contribution < -0.4 is 0 Å². The molecule has 3 atom stereocenters. The van der Waals surface area contributed by atoms with E-state index in [1.807, 2.05) is 17.2 Å². The maximum absolute atomic E-state index is 12.9. The van der Waals surface area contributed by atoms with Gasteiger partial charge in [0.15, 0.2) is 5.69 Å². The molecule has 2 saturated heterocycles. The molecule has 4 rings (SSSR count). The van der Waals surface area contributed by atoms with Gasteiger partial charge in [0.25, 0.3) is 5.91 Å². The molecule has 0 aliphatic carbocycles. The minimum Gasteiger partial charge on any atom is -0.475 e. The summed E-state index contributed by atoms with van der Waals surface area (Å²) >= 11 is 0. The predicted octanol–water partition coefficient (Wildman–Crippen LogP) is 2.37. The number of ether oxygens (including phenoxy) is 1. The van der Waals surface area contributed by atoms with E-state index >= 15 is 0 Å². The Morgan fingerprint density at radius 2 is 2.06 bits per heavy atom. The summed E-state index contributed by atoms with van der Waals surface area (Å²) in [7, 11) is 1.77. The number of aromatic nitrogens is 2. The molecule has 2 aromatic rings. The molecule has 0 aromatic carbocycles. The van der Waals surface area contributed by atoms with Gasteiger partial charge in [0.2, 0.25) is 0 Å². The molecule has 0 unspecified atom stereocenters. The largest absolute Gasteiger partial charge is 0.490 e. The van der Waals surface area contributed by atoms with Crippen molar-refractivity contribution in [3.63, 3.8) is 0 Å². The molecule has 33 heavy (non-hydrogen) atoms. The van der Waals surface area contributed by atoms with Gasteiger partial charge in [-0.25, -0.2) is 4.79 Å². The number of carbonyl (C=O) groups excluding carboxylic acids is 1. The smallest absolute Gasteiger partial charge is 0.475 e. The third-order valence-corrected chi connectivity index (χ3v) is 5.72. The standard InChI is InChI=1S/C19H24N4O3.C2HF3O2/c1-13-8-16(21-26-13)19(24)23-7-5-18(25-2)15-11-22(12-17(15)23)10-14-4-3-6-20-9-14;3-2(4,5)1(6)7/h3-4,6,8-9,15,17-18H,5,7,10-12H2,1-2H3;(H,6,7)/t15-,17+,18+;/m0./s1. The van der Waals surface area contributed by atoms with Gasteiger partial charge in [0.1, 0.15) is 5.76 Å². The topological polar surface area (TPSA) is 109 Å². The summed E-state index contributed by atoms with van der Waals surface area (Å²) < 4.78 is 42.6. The van der Waals surface area contributed by atoms with Gasteiger partial charge >= 0.3 is 12.1 Å². The van der Waals surface area contributed by atoms with Gasteiger partial charge < -0.3 is 19.3 Å². The van der Waals surface area contributed by atoms with E-state index in [0.29, 0.717) is 23.9 Å². The van der Waals surface area contributed by atoms with E-state index in [-0.39, 0.29) is 18.1 Å². The normalized spacial score (nSPS) is 22.9. The molecule has 0 bridgehead atoms. The van der Waals surface area contributed by atoms with Crippen molar-refractivity contribution in [3.8, 4) is 0 Å². The van der Waals surface area contributed by atoms with Crippen LogP contribution in [-0.4, -0.2) is 82.0 Å². The molecule has 2 fully saturated rings. The van der Waals surface area contributed by atoms with Crippen LogP contribution in [0.5, 0.6) is 0 Å². The van der Waals surface area contributed by atoms with Gasteiger partial charge in [0, 0.05) is 57.7 Å². The molecule has 4 heterocycles. The summed E-state index contributed by atoms with van der Waals surface area (Å²) in [5.74, 6) is -1.84. The lowest BCUT2D eigenvalue weighted by Crippen LogP contribution is -2.53. The Hall–Kier alpha value is -2.99. The Morgan fingerprint density at radius 3 is 2.61 bits per heavy atom. The van der Waals surface area contributed by atoms with Crippen LogP contribution in [0.2, 0.25) is 0 Å². The number of methoxy groups -OCH3 is 1. The molecule has 12 heteroatoms. The van der Waals surface area contributed by atoms with Crippen LogP contribution in [0.15, 0.2) is 35.1 Å².